The molecule has 0 unspecified atom stereocenters. The minimum atomic E-state index is -0.552. The lowest BCUT2D eigenvalue weighted by atomic mass is 9.84. The van der Waals surface area contributed by atoms with E-state index >= 15 is 0 Å². The second-order valence-electron chi connectivity index (χ2n) is 8.40. The molecule has 2 aromatic rings. The number of phenols is 1. The van der Waals surface area contributed by atoms with Crippen LogP contribution in [0.4, 0.5) is 0 Å². The van der Waals surface area contributed by atoms with Crippen LogP contribution < -0.4 is 10.4 Å². The lowest BCUT2D eigenvalue weighted by molar-refractivity contribution is -0.114. The summed E-state index contributed by atoms with van der Waals surface area (Å²) in [4.78, 5) is 24.5. The number of aromatic hydroxyl groups is 1. The van der Waals surface area contributed by atoms with E-state index in [4.69, 9.17) is 9.15 Å². The van der Waals surface area contributed by atoms with Gasteiger partial charge in [0.05, 0.1) is 10.9 Å². The molecule has 0 amide bonds. The number of hydrogen-bond donors (Lipinski definition) is 1. The summed E-state index contributed by atoms with van der Waals surface area (Å²) in [6.45, 7) is 9.76. The van der Waals surface area contributed by atoms with Crippen LogP contribution in [0.3, 0.4) is 0 Å². The fourth-order valence-corrected chi connectivity index (χ4v) is 3.88. The Bertz CT molecular complexity index is 1070. The normalized spacial score (nSPS) is 21.0. The molecule has 2 atom stereocenters. The average molecular weight is 396 g/mol. The highest BCUT2D eigenvalue weighted by Crippen LogP contribution is 2.48. The molecular weight excluding hydrogens is 368 g/mol. The molecule has 0 bridgehead atoms. The van der Waals surface area contributed by atoms with E-state index in [-0.39, 0.29) is 17.5 Å². The zero-order valence-electron chi connectivity index (χ0n) is 17.7. The Morgan fingerprint density at radius 1 is 1.28 bits per heavy atom. The molecule has 1 aromatic carbocycles. The van der Waals surface area contributed by atoms with Crippen molar-refractivity contribution in [2.45, 2.75) is 65.4 Å². The molecule has 1 aliphatic rings. The van der Waals surface area contributed by atoms with E-state index in [1.54, 1.807) is 18.2 Å². The quantitative estimate of drug-likeness (QED) is 0.402. The lowest BCUT2D eigenvalue weighted by Crippen LogP contribution is -2.33. The van der Waals surface area contributed by atoms with Crippen molar-refractivity contribution in [2.75, 3.05) is 0 Å². The van der Waals surface area contributed by atoms with Gasteiger partial charge >= 0.3 is 5.63 Å². The van der Waals surface area contributed by atoms with Crippen LogP contribution in [0.15, 0.2) is 50.7 Å². The minimum absolute atomic E-state index is 0.0395. The third kappa shape index (κ3) is 4.29. The first-order valence-electron chi connectivity index (χ1n) is 9.93. The van der Waals surface area contributed by atoms with Crippen LogP contribution in [-0.4, -0.2) is 16.5 Å². The Kier molecular flexibility index (Phi) is 5.69. The maximum atomic E-state index is 12.5. The number of ketones is 1. The molecule has 1 aliphatic heterocycles. The third-order valence-corrected chi connectivity index (χ3v) is 5.60. The van der Waals surface area contributed by atoms with Gasteiger partial charge in [0.2, 0.25) is 0 Å². The second kappa shape index (κ2) is 7.90. The van der Waals surface area contributed by atoms with Gasteiger partial charge in [-0.3, -0.25) is 4.79 Å². The summed E-state index contributed by atoms with van der Waals surface area (Å²) in [7, 11) is 0. The summed E-state index contributed by atoms with van der Waals surface area (Å²) >= 11 is 0. The standard InChI is InChI=1S/C24H28O5/c1-14(2)11-18(26)12-15(3)7-6-10-24(5)16(4)21-22(29-24)19-9-8-17(25)13-20(19)28-23(21)27/h7-9,11,13,16,25H,6,10,12H2,1-5H3/t16-,24-/m0/s1. The number of ether oxygens (including phenoxy) is 1. The van der Waals surface area contributed by atoms with Gasteiger partial charge in [-0.1, -0.05) is 24.1 Å². The van der Waals surface area contributed by atoms with Crippen LogP contribution in [0.1, 0.15) is 65.4 Å². The van der Waals surface area contributed by atoms with Crippen LogP contribution in [0.25, 0.3) is 11.0 Å². The highest BCUT2D eigenvalue weighted by Gasteiger charge is 2.44. The Morgan fingerprint density at radius 3 is 2.69 bits per heavy atom. The summed E-state index contributed by atoms with van der Waals surface area (Å²) in [5.74, 6) is 0.562. The molecule has 0 spiro atoms. The molecule has 3 rings (SSSR count). The Balaban J connectivity index is 1.79. The van der Waals surface area contributed by atoms with Crippen LogP contribution in [0.5, 0.6) is 11.5 Å². The Morgan fingerprint density at radius 2 is 2.00 bits per heavy atom. The zero-order chi connectivity index (χ0) is 21.3. The van der Waals surface area contributed by atoms with Gasteiger partial charge in [0, 0.05) is 18.4 Å². The molecule has 1 aromatic heterocycles. The maximum absolute atomic E-state index is 12.5. The summed E-state index contributed by atoms with van der Waals surface area (Å²) < 4.78 is 11.7. The van der Waals surface area contributed by atoms with Crippen molar-refractivity contribution in [3.8, 4) is 11.5 Å². The summed E-state index contributed by atoms with van der Waals surface area (Å²) in [6, 6.07) is 4.70. The summed E-state index contributed by atoms with van der Waals surface area (Å²) in [6.07, 6.45) is 5.60. The van der Waals surface area contributed by atoms with Gasteiger partial charge in [-0.2, -0.15) is 0 Å². The molecule has 154 valence electrons. The van der Waals surface area contributed by atoms with E-state index in [9.17, 15) is 14.7 Å². The van der Waals surface area contributed by atoms with Crippen LogP contribution in [-0.2, 0) is 4.79 Å². The molecule has 5 heteroatoms. The number of hydrogen-bond acceptors (Lipinski definition) is 5. The van der Waals surface area contributed by atoms with Crippen molar-refractivity contribution in [2.24, 2.45) is 0 Å². The predicted octanol–water partition coefficient (Wildman–Crippen LogP) is 5.41. The number of benzene rings is 1. The summed E-state index contributed by atoms with van der Waals surface area (Å²) in [5.41, 5.74) is 1.92. The molecule has 29 heavy (non-hydrogen) atoms. The van der Waals surface area contributed by atoms with E-state index in [0.717, 1.165) is 17.6 Å². The first kappa shape index (κ1) is 20.9. The zero-order valence-corrected chi connectivity index (χ0v) is 17.7. The topological polar surface area (TPSA) is 76.7 Å². The van der Waals surface area contributed by atoms with Gasteiger partial charge < -0.3 is 14.3 Å². The lowest BCUT2D eigenvalue weighted by Gasteiger charge is -2.28. The summed E-state index contributed by atoms with van der Waals surface area (Å²) in [5, 5.41) is 10.4. The highest BCUT2D eigenvalue weighted by atomic mass is 16.5. The number of phenolic OH excluding ortho intramolecular Hbond substituents is 1. The van der Waals surface area contributed by atoms with Gasteiger partial charge in [-0.15, -0.1) is 0 Å². The molecule has 0 aliphatic carbocycles. The SMILES string of the molecule is CC(C)=CC(=O)CC(C)=CCC[C@]1(C)Oc2c(c(=O)oc3cc(O)ccc23)[C@@H]1C. The number of allylic oxidation sites excluding steroid dienone is 4. The predicted molar refractivity (Wildman–Crippen MR) is 114 cm³/mol. The number of carbonyl (C=O) groups is 1. The molecule has 5 nitrogen and oxygen atoms in total. The van der Waals surface area contributed by atoms with Gasteiger partial charge in [-0.05, 0) is 58.7 Å². The minimum Gasteiger partial charge on any atom is -0.508 e. The Labute approximate surface area is 170 Å². The first-order chi connectivity index (χ1) is 13.6. The first-order valence-corrected chi connectivity index (χ1v) is 9.93. The van der Waals surface area contributed by atoms with Gasteiger partial charge in [0.25, 0.3) is 0 Å². The van der Waals surface area contributed by atoms with Gasteiger partial charge in [0.1, 0.15) is 22.7 Å². The van der Waals surface area contributed by atoms with E-state index in [0.29, 0.717) is 35.1 Å². The average Bonchev–Trinajstić information content (AvgIpc) is 2.86. The van der Waals surface area contributed by atoms with Crippen molar-refractivity contribution in [3.63, 3.8) is 0 Å². The Hall–Kier alpha value is -2.82. The molecule has 0 saturated carbocycles. The fourth-order valence-electron chi connectivity index (χ4n) is 3.88. The van der Waals surface area contributed by atoms with Crippen molar-refractivity contribution < 1.29 is 19.1 Å². The van der Waals surface area contributed by atoms with Crippen LogP contribution >= 0.6 is 0 Å². The molecule has 1 N–H and O–H groups in total. The molecular formula is C24H28O5. The number of rotatable bonds is 6. The van der Waals surface area contributed by atoms with E-state index in [2.05, 4.69) is 6.08 Å². The monoisotopic (exact) mass is 396 g/mol. The molecule has 2 heterocycles. The molecule has 0 radical (unpaired) electrons. The van der Waals surface area contributed by atoms with Crippen molar-refractivity contribution in [1.82, 2.24) is 0 Å². The van der Waals surface area contributed by atoms with E-state index in [1.165, 1.54) is 6.07 Å². The fraction of sp³-hybridized carbons (Fsp3) is 0.417. The molecule has 0 fully saturated rings. The third-order valence-electron chi connectivity index (χ3n) is 5.60. The number of carbonyl (C=O) groups excluding carboxylic acids is 1. The van der Waals surface area contributed by atoms with Crippen molar-refractivity contribution in [3.05, 3.63) is 57.5 Å². The maximum Gasteiger partial charge on any atom is 0.343 e. The van der Waals surface area contributed by atoms with Crippen LogP contribution in [0.2, 0.25) is 0 Å². The molecule has 0 saturated heterocycles. The highest BCUT2D eigenvalue weighted by molar-refractivity contribution is 5.91. The largest absolute Gasteiger partial charge is 0.508 e. The smallest absolute Gasteiger partial charge is 0.343 e. The number of fused-ring (bicyclic) bond motifs is 3. The van der Waals surface area contributed by atoms with E-state index in [1.807, 2.05) is 34.6 Å². The van der Waals surface area contributed by atoms with Crippen molar-refractivity contribution >= 4 is 16.8 Å². The second-order valence-corrected chi connectivity index (χ2v) is 8.40. The van der Waals surface area contributed by atoms with Gasteiger partial charge in [0.15, 0.2) is 5.78 Å². The van der Waals surface area contributed by atoms with Gasteiger partial charge in [-0.25, -0.2) is 4.79 Å². The van der Waals surface area contributed by atoms with Crippen LogP contribution in [0, 0.1) is 0 Å². The van der Waals surface area contributed by atoms with Crippen molar-refractivity contribution in [1.29, 1.82) is 0 Å². The van der Waals surface area contributed by atoms with E-state index < -0.39 is 11.2 Å².